The molecule has 1 fully saturated rings. The Bertz CT molecular complexity index is 289. The smallest absolute Gasteiger partial charge is 0.229 e. The van der Waals surface area contributed by atoms with Crippen molar-refractivity contribution in [2.45, 2.75) is 74.4 Å². The highest BCUT2D eigenvalue weighted by Crippen LogP contribution is 2.51. The molecule has 0 saturated carbocycles. The largest absolute Gasteiger partial charge is 0.334 e. The van der Waals surface area contributed by atoms with E-state index in [9.17, 15) is 4.79 Å². The minimum atomic E-state index is -0.234. The molecule has 1 saturated heterocycles. The van der Waals surface area contributed by atoms with Gasteiger partial charge in [0.05, 0.1) is 0 Å². The maximum Gasteiger partial charge on any atom is 0.229 e. The van der Waals surface area contributed by atoms with Gasteiger partial charge in [-0.05, 0) is 39.5 Å². The topological polar surface area (TPSA) is 20.3 Å². The number of rotatable bonds is 2. The molecule has 1 amide bonds. The number of likely N-dealkylation sites (tertiary alicyclic amines) is 1. The van der Waals surface area contributed by atoms with Crippen LogP contribution >= 0.6 is 0 Å². The lowest BCUT2D eigenvalue weighted by Gasteiger charge is -2.41. The van der Waals surface area contributed by atoms with Crippen molar-refractivity contribution in [2.75, 3.05) is 0 Å². The van der Waals surface area contributed by atoms with E-state index < -0.39 is 0 Å². The van der Waals surface area contributed by atoms with E-state index in [1.807, 2.05) is 0 Å². The Morgan fingerprint density at radius 3 is 1.65 bits per heavy atom. The summed E-state index contributed by atoms with van der Waals surface area (Å²) in [6.45, 7) is 17.3. The van der Waals surface area contributed by atoms with Gasteiger partial charge in [0.1, 0.15) is 0 Å². The van der Waals surface area contributed by atoms with Crippen LogP contribution in [0.1, 0.15) is 62.8 Å². The fraction of sp³-hybridized carbons (Fsp3) is 0.933. The summed E-state index contributed by atoms with van der Waals surface area (Å²) < 4.78 is 0. The second kappa shape index (κ2) is 4.62. The molecule has 1 aliphatic heterocycles. The van der Waals surface area contributed by atoms with E-state index in [4.69, 9.17) is 0 Å². The van der Waals surface area contributed by atoms with E-state index in [0.29, 0.717) is 17.7 Å². The highest BCUT2D eigenvalue weighted by atomic mass is 16.2. The quantitative estimate of drug-likeness (QED) is 0.717. The van der Waals surface area contributed by atoms with Crippen LogP contribution in [0.5, 0.6) is 0 Å². The molecule has 0 N–H and O–H groups in total. The zero-order valence-corrected chi connectivity index (χ0v) is 12.1. The molecule has 17 heavy (non-hydrogen) atoms. The first-order valence-corrected chi connectivity index (χ1v) is 6.38. The predicted molar refractivity (Wildman–Crippen MR) is 74.9 cm³/mol. The molecule has 1 heterocycles. The molecular weight excluding hydrogens is 210 g/mol. The van der Waals surface area contributed by atoms with Crippen LogP contribution in [-0.4, -0.2) is 22.4 Å². The van der Waals surface area contributed by atoms with Crippen molar-refractivity contribution in [3.05, 3.63) is 0 Å². The van der Waals surface area contributed by atoms with Crippen LogP contribution in [0.2, 0.25) is 0 Å². The molecule has 0 radical (unpaired) electrons. The number of hydrogen-bond donors (Lipinski definition) is 0. The minimum Gasteiger partial charge on any atom is -0.334 e. The van der Waals surface area contributed by atoms with Gasteiger partial charge < -0.3 is 4.90 Å². The average Bonchev–Trinajstić information content (AvgIpc) is 2.12. The first-order chi connectivity index (χ1) is 7.04. The monoisotopic (exact) mass is 241 g/mol. The molecule has 1 aliphatic rings. The molecule has 2 heteroatoms. The highest BCUT2D eigenvalue weighted by molar-refractivity contribution is 5.86. The van der Waals surface area contributed by atoms with E-state index >= 15 is 0 Å². The Balaban J connectivity index is 0.00000256. The molecule has 2 nitrogen and oxygen atoms in total. The van der Waals surface area contributed by atoms with E-state index in [-0.39, 0.29) is 24.4 Å². The van der Waals surface area contributed by atoms with Crippen LogP contribution in [0.15, 0.2) is 0 Å². The van der Waals surface area contributed by atoms with E-state index in [1.165, 1.54) is 0 Å². The van der Waals surface area contributed by atoms with Crippen molar-refractivity contribution in [3.63, 3.8) is 0 Å². The van der Waals surface area contributed by atoms with Crippen molar-refractivity contribution in [3.8, 4) is 0 Å². The molecule has 0 aromatic rings. The van der Waals surface area contributed by atoms with Gasteiger partial charge in [-0.2, -0.15) is 0 Å². The van der Waals surface area contributed by atoms with Crippen molar-refractivity contribution < 1.29 is 4.79 Å². The molecule has 0 aliphatic carbocycles. The molecule has 1 atom stereocenters. The molecule has 102 valence electrons. The molecule has 0 aromatic carbocycles. The van der Waals surface area contributed by atoms with E-state index in [2.05, 4.69) is 60.3 Å². The third-order valence-corrected chi connectivity index (χ3v) is 4.11. The minimum absolute atomic E-state index is 0. The highest BCUT2D eigenvalue weighted by Gasteiger charge is 2.59. The Labute approximate surface area is 108 Å². The standard InChI is InChI=1S/C14H27NO.CH4/c1-9(2)11-13(5,6)12(16)15(10(3)4)14(11,7)8;/h9-11H,1-8H3;1H4. The normalized spacial score (nSPS) is 26.6. The van der Waals surface area contributed by atoms with Crippen molar-refractivity contribution in [1.82, 2.24) is 4.90 Å². The van der Waals surface area contributed by atoms with Gasteiger partial charge >= 0.3 is 0 Å². The Morgan fingerprint density at radius 2 is 1.47 bits per heavy atom. The summed E-state index contributed by atoms with van der Waals surface area (Å²) in [5, 5.41) is 0. The summed E-state index contributed by atoms with van der Waals surface area (Å²) in [7, 11) is 0. The maximum atomic E-state index is 12.5. The number of hydrogen-bond acceptors (Lipinski definition) is 1. The van der Waals surface area contributed by atoms with Gasteiger partial charge in [0.15, 0.2) is 0 Å². The van der Waals surface area contributed by atoms with Gasteiger partial charge in [0.2, 0.25) is 5.91 Å². The van der Waals surface area contributed by atoms with Crippen molar-refractivity contribution >= 4 is 5.91 Å². The fourth-order valence-electron chi connectivity index (χ4n) is 4.29. The second-order valence-electron chi connectivity index (χ2n) is 6.87. The lowest BCUT2D eigenvalue weighted by Crippen LogP contribution is -2.48. The van der Waals surface area contributed by atoms with Gasteiger partial charge in [-0.15, -0.1) is 0 Å². The van der Waals surface area contributed by atoms with Crippen LogP contribution in [0.3, 0.4) is 0 Å². The summed E-state index contributed by atoms with van der Waals surface area (Å²) in [5.41, 5.74) is -0.273. The van der Waals surface area contributed by atoms with E-state index in [0.717, 1.165) is 0 Å². The number of amides is 1. The number of carbonyl (C=O) groups excluding carboxylic acids is 1. The third kappa shape index (κ3) is 2.23. The van der Waals surface area contributed by atoms with Gasteiger partial charge in [-0.25, -0.2) is 0 Å². The molecule has 1 unspecified atom stereocenters. The first kappa shape index (κ1) is 16.5. The Hall–Kier alpha value is -0.530. The second-order valence-corrected chi connectivity index (χ2v) is 6.87. The van der Waals surface area contributed by atoms with Crippen molar-refractivity contribution in [2.24, 2.45) is 17.3 Å². The molecule has 0 bridgehead atoms. The van der Waals surface area contributed by atoms with Crippen LogP contribution in [-0.2, 0) is 4.79 Å². The van der Waals surface area contributed by atoms with Gasteiger partial charge in [-0.3, -0.25) is 4.79 Å². The van der Waals surface area contributed by atoms with Gasteiger partial charge in [0.25, 0.3) is 0 Å². The summed E-state index contributed by atoms with van der Waals surface area (Å²) >= 11 is 0. The molecule has 1 rings (SSSR count). The third-order valence-electron chi connectivity index (χ3n) is 4.11. The van der Waals surface area contributed by atoms with Crippen LogP contribution < -0.4 is 0 Å². The van der Waals surface area contributed by atoms with E-state index in [1.54, 1.807) is 0 Å². The van der Waals surface area contributed by atoms with Crippen LogP contribution in [0.25, 0.3) is 0 Å². The first-order valence-electron chi connectivity index (χ1n) is 6.38. The summed E-state index contributed by atoms with van der Waals surface area (Å²) in [5.74, 6) is 1.25. The fourth-order valence-corrected chi connectivity index (χ4v) is 4.29. The summed E-state index contributed by atoms with van der Waals surface area (Å²) in [6.07, 6.45) is 0. The Kier molecular flexibility index (Phi) is 4.48. The molecule has 0 spiro atoms. The van der Waals surface area contributed by atoms with Gasteiger partial charge in [0, 0.05) is 17.0 Å². The number of nitrogens with zero attached hydrogens (tertiary/aromatic N) is 1. The SMILES string of the molecule is C.CC(C)C1C(C)(C)C(=O)N(C(C)C)C1(C)C. The lowest BCUT2D eigenvalue weighted by molar-refractivity contribution is -0.138. The van der Waals surface area contributed by atoms with Gasteiger partial charge in [-0.1, -0.05) is 35.1 Å². The molecule has 0 aromatic heterocycles. The van der Waals surface area contributed by atoms with Crippen LogP contribution in [0, 0.1) is 17.3 Å². The van der Waals surface area contributed by atoms with Crippen LogP contribution in [0.4, 0.5) is 0 Å². The molecular formula is C15H31NO. The lowest BCUT2D eigenvalue weighted by atomic mass is 9.67. The summed E-state index contributed by atoms with van der Waals surface area (Å²) in [6, 6.07) is 0.283. The number of carbonyl (C=O) groups is 1. The predicted octanol–water partition coefficient (Wildman–Crippen LogP) is 3.95. The Morgan fingerprint density at radius 1 is 1.06 bits per heavy atom. The zero-order chi connectivity index (χ0) is 12.9. The zero-order valence-electron chi connectivity index (χ0n) is 12.1. The average molecular weight is 241 g/mol. The maximum absolute atomic E-state index is 12.5. The van der Waals surface area contributed by atoms with Crippen molar-refractivity contribution in [1.29, 1.82) is 0 Å². The summed E-state index contributed by atoms with van der Waals surface area (Å²) in [4.78, 5) is 14.6.